The maximum atomic E-state index is 2.40. The van der Waals surface area contributed by atoms with Crippen molar-refractivity contribution in [1.82, 2.24) is 0 Å². The molecule has 0 aromatic heterocycles. The van der Waals surface area contributed by atoms with E-state index in [0.29, 0.717) is 0 Å². The first-order valence-electron chi connectivity index (χ1n) is 15.4. The second kappa shape index (κ2) is 12.5. The van der Waals surface area contributed by atoms with Crippen LogP contribution in [0.15, 0.2) is 97.1 Å². The van der Waals surface area contributed by atoms with Crippen LogP contribution < -0.4 is 73.2 Å². The largest absolute Gasteiger partial charge is 1.00 e. The van der Waals surface area contributed by atoms with Gasteiger partial charge in [-0.2, -0.15) is 21.9 Å². The van der Waals surface area contributed by atoms with E-state index in [1.54, 1.807) is 0 Å². The Morgan fingerprint density at radius 1 is 0.286 bits per heavy atom. The molecule has 2 heteroatoms. The Labute approximate surface area is 300 Å². The van der Waals surface area contributed by atoms with Crippen LogP contribution in [0, 0.1) is 0 Å². The molecule has 216 valence electrons. The fraction of sp³-hybridized carbons (Fsp3) is 0.400. The van der Waals surface area contributed by atoms with Gasteiger partial charge >= 0.3 is 51.4 Å². The average molecular weight is 583 g/mol. The van der Waals surface area contributed by atoms with Gasteiger partial charge < -0.3 is 0 Å². The van der Waals surface area contributed by atoms with Crippen molar-refractivity contribution in [3.63, 3.8) is 0 Å². The number of rotatable bonds is 4. The van der Waals surface area contributed by atoms with Crippen LogP contribution in [0.2, 0.25) is 0 Å². The Kier molecular flexibility index (Phi) is 10.5. The molecule has 0 bridgehead atoms. The van der Waals surface area contributed by atoms with Gasteiger partial charge in [-0.3, -0.25) is 0 Å². The summed E-state index contributed by atoms with van der Waals surface area (Å²) < 4.78 is 0. The van der Waals surface area contributed by atoms with E-state index in [4.69, 9.17) is 0 Å². The standard InChI is InChI=1S/C40H52B.K/c1-37(2,3)29-13-21-33(22-14-29)41(34-23-15-30(16-24-34)38(4,5)6,35-25-17-31(18-26-35)39(7,8)9)36-27-19-32(20-28-36)40(10,11)12;/h13-28H,1-12H3;/q-1;+1. The Bertz CT molecular complexity index is 1210. The topological polar surface area (TPSA) is 0 Å². The summed E-state index contributed by atoms with van der Waals surface area (Å²) in [6.07, 6.45) is -1.43. The van der Waals surface area contributed by atoms with Crippen LogP contribution in [0.3, 0.4) is 0 Å². The summed E-state index contributed by atoms with van der Waals surface area (Å²) in [5.74, 6) is 0. The van der Waals surface area contributed by atoms with Crippen molar-refractivity contribution in [2.24, 2.45) is 0 Å². The van der Waals surface area contributed by atoms with Crippen molar-refractivity contribution in [2.45, 2.75) is 105 Å². The van der Waals surface area contributed by atoms with Gasteiger partial charge in [-0.15, -0.1) is 0 Å². The summed E-state index contributed by atoms with van der Waals surface area (Å²) in [5, 5.41) is 0. The molecule has 0 amide bonds. The van der Waals surface area contributed by atoms with E-state index < -0.39 is 6.15 Å². The van der Waals surface area contributed by atoms with Crippen molar-refractivity contribution in [3.05, 3.63) is 119 Å². The van der Waals surface area contributed by atoms with Crippen LogP contribution in [0.25, 0.3) is 0 Å². The molecule has 42 heavy (non-hydrogen) atoms. The van der Waals surface area contributed by atoms with Crippen molar-refractivity contribution in [2.75, 3.05) is 0 Å². The molecule has 0 nitrogen and oxygen atoms in total. The van der Waals surface area contributed by atoms with Gasteiger partial charge in [0.05, 0.1) is 0 Å². The molecule has 0 aliphatic rings. The Morgan fingerprint density at radius 3 is 0.548 bits per heavy atom. The van der Waals surface area contributed by atoms with Gasteiger partial charge in [0.15, 0.2) is 0 Å². The molecule has 4 rings (SSSR count). The minimum absolute atomic E-state index is 0. The fourth-order valence-electron chi connectivity index (χ4n) is 6.24. The van der Waals surface area contributed by atoms with Crippen LogP contribution >= 0.6 is 0 Å². The molecule has 0 unspecified atom stereocenters. The summed E-state index contributed by atoms with van der Waals surface area (Å²) in [4.78, 5) is 0. The summed E-state index contributed by atoms with van der Waals surface area (Å²) in [6.45, 7) is 27.5. The minimum Gasteiger partial charge on any atom is -0.195 e. The fourth-order valence-corrected chi connectivity index (χ4v) is 6.24. The zero-order chi connectivity index (χ0) is 30.4. The molecule has 0 N–H and O–H groups in total. The maximum absolute atomic E-state index is 2.40. The molecular weight excluding hydrogens is 530 g/mol. The van der Waals surface area contributed by atoms with Crippen LogP contribution in [-0.2, 0) is 21.7 Å². The van der Waals surface area contributed by atoms with Crippen LogP contribution in [0.4, 0.5) is 0 Å². The van der Waals surface area contributed by atoms with Gasteiger partial charge in [0.1, 0.15) is 6.15 Å². The van der Waals surface area contributed by atoms with E-state index >= 15 is 0 Å². The van der Waals surface area contributed by atoms with E-state index in [0.717, 1.165) is 0 Å². The first-order valence-corrected chi connectivity index (χ1v) is 15.4. The summed E-state index contributed by atoms with van der Waals surface area (Å²) in [5.41, 5.74) is 11.3. The predicted octanol–water partition coefficient (Wildman–Crippen LogP) is 5.26. The third-order valence-corrected chi connectivity index (χ3v) is 9.11. The molecule has 0 spiro atoms. The molecule has 0 fully saturated rings. The van der Waals surface area contributed by atoms with Gasteiger partial charge in [0, 0.05) is 0 Å². The molecule has 0 saturated heterocycles. The van der Waals surface area contributed by atoms with Crippen molar-refractivity contribution >= 4 is 28.0 Å². The predicted molar refractivity (Wildman–Crippen MR) is 185 cm³/mol. The minimum atomic E-state index is -1.43. The van der Waals surface area contributed by atoms with Crippen LogP contribution in [0.1, 0.15) is 105 Å². The molecule has 0 heterocycles. The van der Waals surface area contributed by atoms with Gasteiger partial charge in [-0.05, 0) is 43.9 Å². The molecule has 4 aromatic carbocycles. The smallest absolute Gasteiger partial charge is 0.195 e. The molecule has 0 radical (unpaired) electrons. The second-order valence-electron chi connectivity index (χ2n) is 16.4. The Balaban J connectivity index is 0.00000484. The van der Waals surface area contributed by atoms with Crippen molar-refractivity contribution in [3.8, 4) is 0 Å². The third kappa shape index (κ3) is 7.27. The summed E-state index contributed by atoms with van der Waals surface area (Å²) >= 11 is 0. The van der Waals surface area contributed by atoms with Crippen molar-refractivity contribution < 1.29 is 51.4 Å². The summed E-state index contributed by atoms with van der Waals surface area (Å²) in [7, 11) is 0. The molecular formula is C40H52BK. The Hall–Kier alpha value is -1.42. The molecule has 0 aliphatic carbocycles. The van der Waals surface area contributed by atoms with Gasteiger partial charge in [-0.25, -0.2) is 0 Å². The second-order valence-corrected chi connectivity index (χ2v) is 16.4. The molecule has 4 aromatic rings. The number of benzene rings is 4. The summed E-state index contributed by atoms with van der Waals surface area (Å²) in [6, 6.07) is 38.0. The van der Waals surface area contributed by atoms with Gasteiger partial charge in [0.2, 0.25) is 0 Å². The van der Waals surface area contributed by atoms with E-state index in [1.165, 1.54) is 44.1 Å². The van der Waals surface area contributed by atoms with Crippen molar-refractivity contribution in [1.29, 1.82) is 0 Å². The first-order chi connectivity index (χ1) is 18.8. The molecule has 0 saturated carbocycles. The average Bonchev–Trinajstić information content (AvgIpc) is 2.88. The first kappa shape index (κ1) is 35.1. The van der Waals surface area contributed by atoms with Crippen LogP contribution in [-0.4, -0.2) is 6.15 Å². The van der Waals surface area contributed by atoms with E-state index in [-0.39, 0.29) is 73.0 Å². The van der Waals surface area contributed by atoms with E-state index in [1.807, 2.05) is 0 Å². The van der Waals surface area contributed by atoms with Crippen LogP contribution in [0.5, 0.6) is 0 Å². The normalized spacial score (nSPS) is 13.0. The number of hydrogen-bond acceptors (Lipinski definition) is 0. The maximum Gasteiger partial charge on any atom is 1.00 e. The van der Waals surface area contributed by atoms with Gasteiger partial charge in [-0.1, -0.05) is 180 Å². The monoisotopic (exact) mass is 582 g/mol. The zero-order valence-corrected chi connectivity index (χ0v) is 31.9. The third-order valence-electron chi connectivity index (χ3n) is 9.11. The van der Waals surface area contributed by atoms with E-state index in [2.05, 4.69) is 180 Å². The molecule has 0 aliphatic heterocycles. The van der Waals surface area contributed by atoms with E-state index in [9.17, 15) is 0 Å². The number of hydrogen-bond donors (Lipinski definition) is 0. The molecule has 0 atom stereocenters. The zero-order valence-electron chi connectivity index (χ0n) is 28.8. The quantitative estimate of drug-likeness (QED) is 0.288. The van der Waals surface area contributed by atoms with Gasteiger partial charge in [0.25, 0.3) is 0 Å². The Morgan fingerprint density at radius 2 is 0.429 bits per heavy atom. The SMILES string of the molecule is CC(C)(C)c1ccc([B-](c2ccc(C(C)(C)C)cc2)(c2ccc(C(C)(C)C)cc2)c2ccc(C(C)(C)C)cc2)cc1.[K+].